The van der Waals surface area contributed by atoms with Gasteiger partial charge in [-0.3, -0.25) is 9.59 Å². The molecule has 0 spiro atoms. The van der Waals surface area contributed by atoms with Gasteiger partial charge < -0.3 is 10.2 Å². The first-order valence-corrected chi connectivity index (χ1v) is 6.93. The lowest BCUT2D eigenvalue weighted by molar-refractivity contribution is -0.125. The average Bonchev–Trinajstić information content (AvgIpc) is 2.79. The predicted octanol–water partition coefficient (Wildman–Crippen LogP) is 1.57. The van der Waals surface area contributed by atoms with Gasteiger partial charge in [-0.1, -0.05) is 22.9 Å². The Morgan fingerprint density at radius 3 is 2.72 bits per heavy atom. The average molecular weight is 288 g/mol. The van der Waals surface area contributed by atoms with Crippen LogP contribution in [-0.4, -0.2) is 37.3 Å². The summed E-state index contributed by atoms with van der Waals surface area (Å²) >= 11 is 7.14. The van der Waals surface area contributed by atoms with Crippen molar-refractivity contribution in [2.24, 2.45) is 5.92 Å². The second-order valence-corrected chi connectivity index (χ2v) is 5.51. The molecule has 1 fully saturated rings. The number of carbonyl (C=O) groups excluding carboxylic acids is 2. The predicted molar refractivity (Wildman–Crippen MR) is 71.5 cm³/mol. The lowest BCUT2D eigenvalue weighted by Gasteiger charge is -2.30. The van der Waals surface area contributed by atoms with E-state index in [0.29, 0.717) is 4.88 Å². The van der Waals surface area contributed by atoms with Gasteiger partial charge in [0.25, 0.3) is 0 Å². The highest BCUT2D eigenvalue weighted by molar-refractivity contribution is 7.17. The van der Waals surface area contributed by atoms with Crippen molar-refractivity contribution in [3.63, 3.8) is 0 Å². The number of nitrogens with one attached hydrogen (secondary N) is 1. The molecule has 98 valence electrons. The zero-order valence-corrected chi connectivity index (χ0v) is 11.6. The Balaban J connectivity index is 2.00. The highest BCUT2D eigenvalue weighted by Crippen LogP contribution is 2.31. The number of piperidine rings is 1. The van der Waals surface area contributed by atoms with Crippen LogP contribution in [-0.2, 0) is 4.79 Å². The molecule has 1 aliphatic rings. The molecule has 1 saturated heterocycles. The minimum absolute atomic E-state index is 0.0761. The van der Waals surface area contributed by atoms with Crippen molar-refractivity contribution in [1.82, 2.24) is 10.3 Å². The number of rotatable bonds is 3. The third-order valence-corrected chi connectivity index (χ3v) is 4.53. The summed E-state index contributed by atoms with van der Waals surface area (Å²) in [5.74, 6) is 0.174. The summed E-state index contributed by atoms with van der Waals surface area (Å²) in [5, 5.41) is 3.70. The molecule has 5 nitrogen and oxygen atoms in total. The van der Waals surface area contributed by atoms with Crippen LogP contribution in [0.5, 0.6) is 0 Å². The van der Waals surface area contributed by atoms with Gasteiger partial charge in [-0.25, -0.2) is 4.98 Å². The van der Waals surface area contributed by atoms with Gasteiger partial charge in [-0.05, 0) is 12.8 Å². The fraction of sp³-hybridized carbons (Fsp3) is 0.545. The third-order valence-electron chi connectivity index (χ3n) is 3.09. The van der Waals surface area contributed by atoms with Gasteiger partial charge in [0.1, 0.15) is 4.88 Å². The Morgan fingerprint density at radius 1 is 1.56 bits per heavy atom. The molecule has 0 atom stereocenters. The molecule has 0 radical (unpaired) electrons. The van der Waals surface area contributed by atoms with Crippen LogP contribution in [0.15, 0.2) is 0 Å². The van der Waals surface area contributed by atoms with E-state index in [0.717, 1.165) is 37.3 Å². The summed E-state index contributed by atoms with van der Waals surface area (Å²) in [6.07, 6.45) is 2.32. The van der Waals surface area contributed by atoms with Crippen molar-refractivity contribution in [2.75, 3.05) is 25.0 Å². The Kier molecular flexibility index (Phi) is 4.19. The van der Waals surface area contributed by atoms with Gasteiger partial charge in [0.15, 0.2) is 16.6 Å². The molecule has 18 heavy (non-hydrogen) atoms. The van der Waals surface area contributed by atoms with E-state index in [1.807, 2.05) is 0 Å². The van der Waals surface area contributed by atoms with Crippen molar-refractivity contribution >= 4 is 40.3 Å². The van der Waals surface area contributed by atoms with E-state index in [4.69, 9.17) is 11.6 Å². The van der Waals surface area contributed by atoms with E-state index in [9.17, 15) is 9.59 Å². The number of halogens is 1. The number of hydrogen-bond acceptors (Lipinski definition) is 5. The van der Waals surface area contributed by atoms with Crippen LogP contribution in [0.1, 0.15) is 22.5 Å². The monoisotopic (exact) mass is 287 g/mol. The second-order valence-electron chi connectivity index (χ2n) is 4.14. The maximum Gasteiger partial charge on any atom is 0.222 e. The molecule has 2 rings (SSSR count). The van der Waals surface area contributed by atoms with Gasteiger partial charge in [-0.2, -0.15) is 0 Å². The van der Waals surface area contributed by atoms with Gasteiger partial charge in [-0.15, -0.1) is 0 Å². The van der Waals surface area contributed by atoms with Crippen molar-refractivity contribution in [1.29, 1.82) is 0 Å². The van der Waals surface area contributed by atoms with Gasteiger partial charge >= 0.3 is 0 Å². The molecule has 0 aromatic carbocycles. The molecule has 7 heteroatoms. The summed E-state index contributed by atoms with van der Waals surface area (Å²) in [5.41, 5.74) is 0. The zero-order chi connectivity index (χ0) is 13.1. The SMILES string of the molecule is CNC(=O)C1CCN(c2nc(Cl)c(C=O)s2)CC1. The summed E-state index contributed by atoms with van der Waals surface area (Å²) < 4.78 is 0. The quantitative estimate of drug-likeness (QED) is 0.857. The van der Waals surface area contributed by atoms with Crippen molar-refractivity contribution in [2.45, 2.75) is 12.8 Å². The smallest absolute Gasteiger partial charge is 0.222 e. The Bertz CT molecular complexity index is 455. The van der Waals surface area contributed by atoms with Crippen LogP contribution in [0.25, 0.3) is 0 Å². The van der Waals surface area contributed by atoms with Gasteiger partial charge in [0.2, 0.25) is 5.91 Å². The number of aromatic nitrogens is 1. The first-order valence-electron chi connectivity index (χ1n) is 5.73. The Morgan fingerprint density at radius 2 is 2.22 bits per heavy atom. The molecule has 0 bridgehead atoms. The van der Waals surface area contributed by atoms with Gasteiger partial charge in [0, 0.05) is 26.1 Å². The largest absolute Gasteiger partial charge is 0.359 e. The molecule has 1 N–H and O–H groups in total. The lowest BCUT2D eigenvalue weighted by atomic mass is 9.96. The molecule has 1 aliphatic heterocycles. The summed E-state index contributed by atoms with van der Waals surface area (Å²) in [7, 11) is 1.66. The fourth-order valence-electron chi connectivity index (χ4n) is 2.05. The highest BCUT2D eigenvalue weighted by atomic mass is 35.5. The molecule has 0 saturated carbocycles. The van der Waals surface area contributed by atoms with E-state index in [1.54, 1.807) is 7.05 Å². The van der Waals surface area contributed by atoms with E-state index in [2.05, 4.69) is 15.2 Å². The zero-order valence-electron chi connectivity index (χ0n) is 9.98. The van der Waals surface area contributed by atoms with Crippen molar-refractivity contribution in [3.05, 3.63) is 10.0 Å². The number of anilines is 1. The summed E-state index contributed by atoms with van der Waals surface area (Å²) in [6.45, 7) is 1.53. The molecule has 0 unspecified atom stereocenters. The maximum absolute atomic E-state index is 11.5. The van der Waals surface area contributed by atoms with E-state index < -0.39 is 0 Å². The standard InChI is InChI=1S/C11H14ClN3O2S/c1-13-10(17)7-2-4-15(5-3-7)11-14-9(12)8(6-16)18-11/h6-7H,2-5H2,1H3,(H,13,17). The molecule has 2 heterocycles. The Labute approximate surface area is 114 Å². The number of carbonyl (C=O) groups is 2. The van der Waals surface area contributed by atoms with E-state index in [-0.39, 0.29) is 17.0 Å². The second kappa shape index (κ2) is 5.67. The van der Waals surface area contributed by atoms with Crippen LogP contribution in [0, 0.1) is 5.92 Å². The van der Waals surface area contributed by atoms with Crippen LogP contribution in [0.4, 0.5) is 5.13 Å². The number of nitrogens with zero attached hydrogens (tertiary/aromatic N) is 2. The molecular weight excluding hydrogens is 274 g/mol. The fourth-order valence-corrected chi connectivity index (χ4v) is 3.16. The minimum atomic E-state index is 0.0761. The topological polar surface area (TPSA) is 62.3 Å². The Hall–Kier alpha value is -1.14. The van der Waals surface area contributed by atoms with E-state index >= 15 is 0 Å². The molecule has 0 aliphatic carbocycles. The van der Waals surface area contributed by atoms with E-state index in [1.165, 1.54) is 11.3 Å². The number of hydrogen-bond donors (Lipinski definition) is 1. The molecule has 1 amide bonds. The van der Waals surface area contributed by atoms with Gasteiger partial charge in [0.05, 0.1) is 0 Å². The first kappa shape index (κ1) is 13.3. The van der Waals surface area contributed by atoms with Crippen LogP contribution in [0.3, 0.4) is 0 Å². The van der Waals surface area contributed by atoms with Crippen LogP contribution < -0.4 is 10.2 Å². The molecule has 1 aromatic rings. The van der Waals surface area contributed by atoms with Crippen molar-refractivity contribution in [3.8, 4) is 0 Å². The number of aldehydes is 1. The minimum Gasteiger partial charge on any atom is -0.359 e. The maximum atomic E-state index is 11.5. The summed E-state index contributed by atoms with van der Waals surface area (Å²) in [6, 6.07) is 0. The van der Waals surface area contributed by atoms with Crippen LogP contribution >= 0.6 is 22.9 Å². The lowest BCUT2D eigenvalue weighted by Crippen LogP contribution is -2.39. The highest BCUT2D eigenvalue weighted by Gasteiger charge is 2.26. The third kappa shape index (κ3) is 2.64. The summed E-state index contributed by atoms with van der Waals surface area (Å²) in [4.78, 5) is 28.9. The number of thiazole rings is 1. The van der Waals surface area contributed by atoms with Crippen LogP contribution in [0.2, 0.25) is 5.15 Å². The normalized spacial score (nSPS) is 16.7. The first-order chi connectivity index (χ1) is 8.65. The molecular formula is C11H14ClN3O2S. The molecule has 1 aromatic heterocycles. The van der Waals surface area contributed by atoms with Crippen molar-refractivity contribution < 1.29 is 9.59 Å². The number of amides is 1.